The van der Waals surface area contributed by atoms with Gasteiger partial charge in [0.15, 0.2) is 0 Å². The third-order valence-corrected chi connectivity index (χ3v) is 2.24. The van der Waals surface area contributed by atoms with Gasteiger partial charge in [-0.05, 0) is 19.1 Å². The van der Waals surface area contributed by atoms with Crippen molar-refractivity contribution in [3.8, 4) is 6.07 Å². The first kappa shape index (κ1) is 10.5. The van der Waals surface area contributed by atoms with E-state index < -0.39 is 0 Å². The summed E-state index contributed by atoms with van der Waals surface area (Å²) in [6.45, 7) is 2.58. The maximum Gasteiger partial charge on any atom is 0.129 e. The molecule has 0 saturated carbocycles. The molecule has 0 aliphatic carbocycles. The summed E-state index contributed by atoms with van der Waals surface area (Å²) in [4.78, 5) is 6.13. The van der Waals surface area contributed by atoms with Crippen LogP contribution < -0.4 is 10.6 Å². The summed E-state index contributed by atoms with van der Waals surface area (Å²) in [5.74, 6) is 0.780. The minimum atomic E-state index is 0.219. The first-order valence-electron chi connectivity index (χ1n) is 4.48. The van der Waals surface area contributed by atoms with E-state index in [0.717, 1.165) is 5.82 Å². The smallest absolute Gasteiger partial charge is 0.129 e. The molecule has 1 rings (SSSR count). The summed E-state index contributed by atoms with van der Waals surface area (Å²) in [6.07, 6.45) is 1.63. The van der Waals surface area contributed by atoms with Crippen molar-refractivity contribution >= 4 is 5.82 Å². The summed E-state index contributed by atoms with van der Waals surface area (Å²) in [5.41, 5.74) is 6.16. The maximum atomic E-state index is 8.72. The van der Waals surface area contributed by atoms with Crippen LogP contribution in [-0.2, 0) is 0 Å². The second-order valence-corrected chi connectivity index (χ2v) is 3.21. The molecular formula is C10H14N4. The highest BCUT2D eigenvalue weighted by Gasteiger charge is 2.09. The van der Waals surface area contributed by atoms with Crippen LogP contribution >= 0.6 is 0 Å². The molecule has 4 heteroatoms. The van der Waals surface area contributed by atoms with Crippen LogP contribution in [0.15, 0.2) is 18.3 Å². The van der Waals surface area contributed by atoms with E-state index in [2.05, 4.69) is 11.1 Å². The van der Waals surface area contributed by atoms with Gasteiger partial charge in [0, 0.05) is 25.8 Å². The second kappa shape index (κ2) is 4.58. The number of anilines is 1. The second-order valence-electron chi connectivity index (χ2n) is 3.21. The number of nitriles is 1. The zero-order valence-corrected chi connectivity index (χ0v) is 8.44. The number of rotatable bonds is 3. The van der Waals surface area contributed by atoms with Gasteiger partial charge in [-0.2, -0.15) is 5.26 Å². The predicted molar refractivity (Wildman–Crippen MR) is 55.9 cm³/mol. The average molecular weight is 190 g/mol. The molecule has 1 aromatic heterocycles. The SMILES string of the molecule is CC(CN)N(C)c1cc(C#N)ccn1. The molecule has 0 aliphatic heterocycles. The molecule has 1 heterocycles. The highest BCUT2D eigenvalue weighted by Crippen LogP contribution is 2.12. The number of likely N-dealkylation sites (N-methyl/N-ethyl adjacent to an activating group) is 1. The summed E-state index contributed by atoms with van der Waals surface area (Å²) in [7, 11) is 1.92. The molecule has 1 aromatic rings. The molecule has 0 saturated heterocycles. The zero-order valence-electron chi connectivity index (χ0n) is 8.44. The molecule has 0 radical (unpaired) electrons. The number of hydrogen-bond acceptors (Lipinski definition) is 4. The van der Waals surface area contributed by atoms with Crippen molar-refractivity contribution in [3.05, 3.63) is 23.9 Å². The van der Waals surface area contributed by atoms with Gasteiger partial charge in [0.05, 0.1) is 11.6 Å². The Kier molecular flexibility index (Phi) is 3.43. The van der Waals surface area contributed by atoms with E-state index in [4.69, 9.17) is 11.0 Å². The van der Waals surface area contributed by atoms with E-state index in [1.165, 1.54) is 0 Å². The van der Waals surface area contributed by atoms with E-state index in [1.54, 1.807) is 18.3 Å². The van der Waals surface area contributed by atoms with Gasteiger partial charge in [0.2, 0.25) is 0 Å². The van der Waals surface area contributed by atoms with Gasteiger partial charge in [-0.1, -0.05) is 0 Å². The van der Waals surface area contributed by atoms with Gasteiger partial charge in [0.1, 0.15) is 5.82 Å². The predicted octanol–water partition coefficient (Wildman–Crippen LogP) is 0.737. The van der Waals surface area contributed by atoms with Crippen molar-refractivity contribution < 1.29 is 0 Å². The summed E-state index contributed by atoms with van der Waals surface area (Å²) in [6, 6.07) is 5.74. The lowest BCUT2D eigenvalue weighted by atomic mass is 10.2. The lowest BCUT2D eigenvalue weighted by Gasteiger charge is -2.24. The van der Waals surface area contributed by atoms with E-state index in [0.29, 0.717) is 12.1 Å². The van der Waals surface area contributed by atoms with Crippen molar-refractivity contribution in [1.29, 1.82) is 5.26 Å². The highest BCUT2D eigenvalue weighted by atomic mass is 15.2. The molecule has 14 heavy (non-hydrogen) atoms. The average Bonchev–Trinajstić information content (AvgIpc) is 2.27. The molecule has 0 spiro atoms. The van der Waals surface area contributed by atoms with Crippen molar-refractivity contribution in [3.63, 3.8) is 0 Å². The largest absolute Gasteiger partial charge is 0.356 e. The van der Waals surface area contributed by atoms with Crippen LogP contribution in [0, 0.1) is 11.3 Å². The minimum absolute atomic E-state index is 0.219. The number of pyridine rings is 1. The van der Waals surface area contributed by atoms with Gasteiger partial charge in [-0.3, -0.25) is 0 Å². The van der Waals surface area contributed by atoms with E-state index >= 15 is 0 Å². The summed E-state index contributed by atoms with van der Waals surface area (Å²) >= 11 is 0. The number of aromatic nitrogens is 1. The van der Waals surface area contributed by atoms with Crippen molar-refractivity contribution in [1.82, 2.24) is 4.98 Å². The Morgan fingerprint density at radius 3 is 3.00 bits per heavy atom. The van der Waals surface area contributed by atoms with Crippen LogP contribution in [0.4, 0.5) is 5.82 Å². The summed E-state index contributed by atoms with van der Waals surface area (Å²) < 4.78 is 0. The third kappa shape index (κ3) is 2.21. The van der Waals surface area contributed by atoms with Crippen LogP contribution in [-0.4, -0.2) is 24.6 Å². The van der Waals surface area contributed by atoms with Gasteiger partial charge in [0.25, 0.3) is 0 Å². The molecule has 0 bridgehead atoms. The van der Waals surface area contributed by atoms with Crippen LogP contribution in [0.2, 0.25) is 0 Å². The quantitative estimate of drug-likeness (QED) is 0.763. The number of nitrogens with two attached hydrogens (primary N) is 1. The standard InChI is InChI=1S/C10H14N4/c1-8(6-11)14(2)10-5-9(7-12)3-4-13-10/h3-5,8H,6,11H2,1-2H3. The fourth-order valence-corrected chi connectivity index (χ4v) is 1.06. The lowest BCUT2D eigenvalue weighted by Crippen LogP contribution is -2.35. The molecule has 0 fully saturated rings. The fraction of sp³-hybridized carbons (Fsp3) is 0.400. The van der Waals surface area contributed by atoms with Crippen LogP contribution in [0.5, 0.6) is 0 Å². The Hall–Kier alpha value is -1.60. The normalized spacial score (nSPS) is 11.9. The molecule has 0 amide bonds. The Balaban J connectivity index is 2.91. The Morgan fingerprint density at radius 2 is 2.43 bits per heavy atom. The molecule has 74 valence electrons. The van der Waals surface area contributed by atoms with Gasteiger partial charge >= 0.3 is 0 Å². The molecular weight excluding hydrogens is 176 g/mol. The molecule has 4 nitrogen and oxygen atoms in total. The van der Waals surface area contributed by atoms with Gasteiger partial charge in [-0.25, -0.2) is 4.98 Å². The van der Waals surface area contributed by atoms with E-state index in [-0.39, 0.29) is 6.04 Å². The van der Waals surface area contributed by atoms with Crippen molar-refractivity contribution in [2.75, 3.05) is 18.5 Å². The van der Waals surface area contributed by atoms with Crippen LogP contribution in [0.1, 0.15) is 12.5 Å². The number of hydrogen-bond donors (Lipinski definition) is 1. The van der Waals surface area contributed by atoms with Crippen molar-refractivity contribution in [2.24, 2.45) is 5.73 Å². The lowest BCUT2D eigenvalue weighted by molar-refractivity contribution is 0.687. The molecule has 0 aliphatic rings. The van der Waals surface area contributed by atoms with E-state index in [1.807, 2.05) is 18.9 Å². The molecule has 0 aromatic carbocycles. The maximum absolute atomic E-state index is 8.72. The molecule has 1 unspecified atom stereocenters. The molecule has 1 atom stereocenters. The van der Waals surface area contributed by atoms with Gasteiger partial charge < -0.3 is 10.6 Å². The van der Waals surface area contributed by atoms with Crippen LogP contribution in [0.3, 0.4) is 0 Å². The first-order valence-corrected chi connectivity index (χ1v) is 4.48. The Bertz CT molecular complexity index is 342. The highest BCUT2D eigenvalue weighted by molar-refractivity contribution is 5.44. The Labute approximate surface area is 84.0 Å². The minimum Gasteiger partial charge on any atom is -0.356 e. The summed E-state index contributed by atoms with van der Waals surface area (Å²) in [5, 5.41) is 8.72. The van der Waals surface area contributed by atoms with Crippen LogP contribution in [0.25, 0.3) is 0 Å². The van der Waals surface area contributed by atoms with E-state index in [9.17, 15) is 0 Å². The fourth-order valence-electron chi connectivity index (χ4n) is 1.06. The van der Waals surface area contributed by atoms with Crippen molar-refractivity contribution in [2.45, 2.75) is 13.0 Å². The third-order valence-electron chi connectivity index (χ3n) is 2.24. The monoisotopic (exact) mass is 190 g/mol. The Morgan fingerprint density at radius 1 is 1.71 bits per heavy atom. The number of nitrogens with zero attached hydrogens (tertiary/aromatic N) is 3. The zero-order chi connectivity index (χ0) is 10.6. The molecule has 2 N–H and O–H groups in total. The topological polar surface area (TPSA) is 65.9 Å². The van der Waals surface area contributed by atoms with Gasteiger partial charge in [-0.15, -0.1) is 0 Å². The first-order chi connectivity index (χ1) is 6.69.